The van der Waals surface area contributed by atoms with E-state index in [2.05, 4.69) is 13.8 Å². The number of rotatable bonds is 0. The van der Waals surface area contributed by atoms with Gasteiger partial charge in [-0.3, -0.25) is 9.59 Å². The van der Waals surface area contributed by atoms with Crippen LogP contribution in [0, 0.1) is 5.41 Å². The van der Waals surface area contributed by atoms with E-state index in [1.54, 1.807) is 13.0 Å². The summed E-state index contributed by atoms with van der Waals surface area (Å²) < 4.78 is 6.22. The van der Waals surface area contributed by atoms with Gasteiger partial charge in [-0.15, -0.1) is 0 Å². The summed E-state index contributed by atoms with van der Waals surface area (Å²) in [6.07, 6.45) is 9.50. The first-order valence-electron chi connectivity index (χ1n) is 7.81. The molecule has 0 amide bonds. The van der Waals surface area contributed by atoms with Crippen molar-refractivity contribution in [3.63, 3.8) is 0 Å². The minimum atomic E-state index is -0.888. The van der Waals surface area contributed by atoms with Crippen LogP contribution in [-0.4, -0.2) is 17.2 Å². The minimum Gasteiger partial charge on any atom is -0.478 e. The summed E-state index contributed by atoms with van der Waals surface area (Å²) >= 11 is 0. The zero-order valence-corrected chi connectivity index (χ0v) is 13.7. The van der Waals surface area contributed by atoms with E-state index >= 15 is 0 Å². The zero-order chi connectivity index (χ0) is 16.1. The van der Waals surface area contributed by atoms with Gasteiger partial charge in [-0.25, -0.2) is 0 Å². The Morgan fingerprint density at radius 2 is 1.91 bits per heavy atom. The largest absolute Gasteiger partial charge is 0.478 e. The highest BCUT2D eigenvalue weighted by molar-refractivity contribution is 6.08. The highest BCUT2D eigenvalue weighted by Crippen LogP contribution is 2.47. The standard InChI is InChI=1S/C19H22O3/c1-12-10-14-6-5-8-19(14)17(21)13(2)16(22-19)11-18(3,4)9-7-15(12)20/h6-7,9-10H,5,8,11H2,1-4H3. The van der Waals surface area contributed by atoms with E-state index in [9.17, 15) is 9.59 Å². The summed E-state index contributed by atoms with van der Waals surface area (Å²) in [5.41, 5.74) is 1.09. The number of ketones is 2. The lowest BCUT2D eigenvalue weighted by Crippen LogP contribution is -2.36. The number of fused-ring (bicyclic) bond motifs is 1. The Hall–Kier alpha value is -1.90. The predicted molar refractivity (Wildman–Crippen MR) is 85.1 cm³/mol. The van der Waals surface area contributed by atoms with Crippen molar-refractivity contribution < 1.29 is 14.3 Å². The number of allylic oxidation sites excluding steroid dienone is 5. The molecule has 0 saturated carbocycles. The van der Waals surface area contributed by atoms with Crippen molar-refractivity contribution in [2.24, 2.45) is 5.41 Å². The molecule has 0 radical (unpaired) electrons. The molecule has 1 unspecified atom stereocenters. The van der Waals surface area contributed by atoms with Crippen molar-refractivity contribution in [2.75, 3.05) is 0 Å². The average molecular weight is 298 g/mol. The van der Waals surface area contributed by atoms with Crippen molar-refractivity contribution in [2.45, 2.75) is 52.6 Å². The number of hydrogen-bond donors (Lipinski definition) is 0. The molecule has 3 rings (SSSR count). The van der Waals surface area contributed by atoms with E-state index in [-0.39, 0.29) is 17.0 Å². The van der Waals surface area contributed by atoms with Crippen LogP contribution in [0.2, 0.25) is 0 Å². The third-order valence-corrected chi connectivity index (χ3v) is 4.81. The first-order chi connectivity index (χ1) is 10.3. The van der Waals surface area contributed by atoms with Gasteiger partial charge < -0.3 is 4.74 Å². The SMILES string of the molecule is CC1=CC2=CCCC23OC(=C(C)C3=O)CC(C)(C)C=CC1=O. The van der Waals surface area contributed by atoms with Gasteiger partial charge >= 0.3 is 0 Å². The Morgan fingerprint density at radius 3 is 2.64 bits per heavy atom. The minimum absolute atomic E-state index is 0.00745. The predicted octanol–water partition coefficient (Wildman–Crippen LogP) is 3.82. The highest BCUT2D eigenvalue weighted by Gasteiger charge is 2.52. The average Bonchev–Trinajstić information content (AvgIpc) is 2.94. The molecule has 0 aromatic rings. The van der Waals surface area contributed by atoms with Crippen LogP contribution in [0.4, 0.5) is 0 Å². The third-order valence-electron chi connectivity index (χ3n) is 4.81. The Bertz CT molecular complexity index is 685. The Morgan fingerprint density at radius 1 is 1.18 bits per heavy atom. The van der Waals surface area contributed by atoms with E-state index in [1.807, 2.05) is 25.2 Å². The van der Waals surface area contributed by atoms with Crippen LogP contribution in [0.3, 0.4) is 0 Å². The molecule has 3 aliphatic rings. The second-order valence-electron chi connectivity index (χ2n) is 7.19. The summed E-state index contributed by atoms with van der Waals surface area (Å²) in [5, 5.41) is 0. The first-order valence-corrected chi connectivity index (χ1v) is 7.81. The number of ether oxygens (including phenoxy) is 1. The van der Waals surface area contributed by atoms with Gasteiger partial charge in [0.1, 0.15) is 5.76 Å². The first kappa shape index (κ1) is 15.0. The quantitative estimate of drug-likeness (QED) is 0.683. The van der Waals surface area contributed by atoms with E-state index in [0.29, 0.717) is 18.4 Å². The number of carbonyl (C=O) groups is 2. The Labute approximate surface area is 131 Å². The van der Waals surface area contributed by atoms with Gasteiger partial charge in [-0.05, 0) is 49.0 Å². The third kappa shape index (κ3) is 2.20. The van der Waals surface area contributed by atoms with Crippen LogP contribution in [0.5, 0.6) is 0 Å². The molecule has 22 heavy (non-hydrogen) atoms. The van der Waals surface area contributed by atoms with Crippen molar-refractivity contribution in [1.29, 1.82) is 0 Å². The molecule has 2 bridgehead atoms. The van der Waals surface area contributed by atoms with Gasteiger partial charge in [-0.1, -0.05) is 26.0 Å². The lowest BCUT2D eigenvalue weighted by molar-refractivity contribution is -0.127. The van der Waals surface area contributed by atoms with Crippen LogP contribution >= 0.6 is 0 Å². The molecule has 0 N–H and O–H groups in total. The lowest BCUT2D eigenvalue weighted by atomic mass is 9.84. The van der Waals surface area contributed by atoms with E-state index in [0.717, 1.165) is 23.3 Å². The second-order valence-corrected chi connectivity index (χ2v) is 7.19. The molecule has 0 saturated heterocycles. The van der Waals surface area contributed by atoms with Gasteiger partial charge in [-0.2, -0.15) is 0 Å². The maximum atomic E-state index is 12.8. The zero-order valence-electron chi connectivity index (χ0n) is 13.7. The van der Waals surface area contributed by atoms with Crippen molar-refractivity contribution >= 4 is 11.6 Å². The molecule has 2 aliphatic heterocycles. The molecule has 2 heterocycles. The Balaban J connectivity index is 2.16. The molecule has 0 aromatic heterocycles. The monoisotopic (exact) mass is 298 g/mol. The molecule has 0 fully saturated rings. The fraction of sp³-hybridized carbons (Fsp3) is 0.474. The van der Waals surface area contributed by atoms with Gasteiger partial charge in [0, 0.05) is 18.4 Å². The normalized spacial score (nSPS) is 30.5. The summed E-state index contributed by atoms with van der Waals surface area (Å²) in [5.74, 6) is 0.822. The van der Waals surface area contributed by atoms with Crippen LogP contribution in [0.25, 0.3) is 0 Å². The number of hydrogen-bond acceptors (Lipinski definition) is 3. The molecule has 1 aliphatic carbocycles. The lowest BCUT2D eigenvalue weighted by Gasteiger charge is -2.27. The number of carbonyl (C=O) groups excluding carboxylic acids is 2. The smallest absolute Gasteiger partial charge is 0.210 e. The summed E-state index contributed by atoms with van der Waals surface area (Å²) in [6.45, 7) is 7.76. The fourth-order valence-electron chi connectivity index (χ4n) is 3.41. The molecule has 0 aromatic carbocycles. The summed E-state index contributed by atoms with van der Waals surface area (Å²) in [7, 11) is 0. The maximum Gasteiger partial charge on any atom is 0.210 e. The molecule has 1 spiro atoms. The van der Waals surface area contributed by atoms with E-state index in [1.165, 1.54) is 0 Å². The van der Waals surface area contributed by atoms with Crippen molar-refractivity contribution in [3.05, 3.63) is 46.8 Å². The van der Waals surface area contributed by atoms with Crippen LogP contribution in [0.15, 0.2) is 46.8 Å². The Kier molecular flexibility index (Phi) is 3.28. The topological polar surface area (TPSA) is 43.4 Å². The summed E-state index contributed by atoms with van der Waals surface area (Å²) in [4.78, 5) is 25.1. The highest BCUT2D eigenvalue weighted by atomic mass is 16.5. The second kappa shape index (κ2) is 4.80. The molecule has 3 nitrogen and oxygen atoms in total. The van der Waals surface area contributed by atoms with Crippen LogP contribution < -0.4 is 0 Å². The number of Topliss-reactive ketones (excluding diaryl/α,β-unsaturated/α-hetero) is 1. The molecule has 3 heteroatoms. The molecular weight excluding hydrogens is 276 g/mol. The molecular formula is C19H22O3. The van der Waals surface area contributed by atoms with Gasteiger partial charge in [0.15, 0.2) is 11.4 Å². The van der Waals surface area contributed by atoms with Crippen molar-refractivity contribution in [1.82, 2.24) is 0 Å². The molecule has 1 atom stereocenters. The van der Waals surface area contributed by atoms with Crippen LogP contribution in [0.1, 0.15) is 47.0 Å². The van der Waals surface area contributed by atoms with Crippen molar-refractivity contribution in [3.8, 4) is 0 Å². The van der Waals surface area contributed by atoms with Gasteiger partial charge in [0.25, 0.3) is 0 Å². The van der Waals surface area contributed by atoms with Crippen LogP contribution in [-0.2, 0) is 14.3 Å². The van der Waals surface area contributed by atoms with Gasteiger partial charge in [0.05, 0.1) is 0 Å². The van der Waals surface area contributed by atoms with Gasteiger partial charge in [0.2, 0.25) is 5.78 Å². The summed E-state index contributed by atoms with van der Waals surface area (Å²) in [6, 6.07) is 0. The van der Waals surface area contributed by atoms with E-state index < -0.39 is 5.60 Å². The maximum absolute atomic E-state index is 12.8. The van der Waals surface area contributed by atoms with E-state index in [4.69, 9.17) is 4.74 Å². The molecule has 116 valence electrons. The fourth-order valence-corrected chi connectivity index (χ4v) is 3.41.